The van der Waals surface area contributed by atoms with Crippen molar-refractivity contribution in [2.75, 3.05) is 0 Å². The zero-order chi connectivity index (χ0) is 19.7. The minimum atomic E-state index is -0.226. The number of fused-ring (bicyclic) bond motifs is 1. The van der Waals surface area contributed by atoms with E-state index < -0.39 is 0 Å². The highest BCUT2D eigenvalue weighted by molar-refractivity contribution is 9.10. The van der Waals surface area contributed by atoms with Crippen LogP contribution in [0.25, 0.3) is 28.7 Å². The van der Waals surface area contributed by atoms with Gasteiger partial charge in [-0.25, -0.2) is 4.98 Å². The minimum absolute atomic E-state index is 0.226. The van der Waals surface area contributed by atoms with Gasteiger partial charge in [-0.1, -0.05) is 75.5 Å². The topological polar surface area (TPSA) is 34.9 Å². The Morgan fingerprint density at radius 1 is 0.857 bits per heavy atom. The fraction of sp³-hybridized carbons (Fsp3) is 0. The van der Waals surface area contributed by atoms with Crippen LogP contribution in [0.2, 0.25) is 10.0 Å². The Morgan fingerprint density at radius 3 is 2.25 bits per heavy atom. The third-order valence-electron chi connectivity index (χ3n) is 4.26. The first-order valence-corrected chi connectivity index (χ1v) is 9.99. The lowest BCUT2D eigenvalue weighted by atomic mass is 10.2. The van der Waals surface area contributed by atoms with E-state index >= 15 is 0 Å². The standard InChI is InChI=1S/C22H13BrCl2N2O/c23-15-11-8-14(9-12-15)10-13-20-26-19-7-2-1-4-16(19)22(28)27(20)21-17(24)5-3-6-18(21)25/h1-13H. The molecule has 0 bridgehead atoms. The lowest BCUT2D eigenvalue weighted by Crippen LogP contribution is -2.23. The second kappa shape index (κ2) is 7.92. The van der Waals surface area contributed by atoms with Gasteiger partial charge in [0, 0.05) is 4.47 Å². The molecule has 0 saturated carbocycles. The summed E-state index contributed by atoms with van der Waals surface area (Å²) in [7, 11) is 0. The van der Waals surface area contributed by atoms with E-state index in [4.69, 9.17) is 23.2 Å². The number of hydrogen-bond acceptors (Lipinski definition) is 2. The molecule has 0 aliphatic rings. The molecule has 0 saturated heterocycles. The molecule has 0 spiro atoms. The molecule has 4 aromatic rings. The van der Waals surface area contributed by atoms with Gasteiger partial charge >= 0.3 is 0 Å². The maximum Gasteiger partial charge on any atom is 0.266 e. The minimum Gasteiger partial charge on any atom is -0.268 e. The summed E-state index contributed by atoms with van der Waals surface area (Å²) in [4.78, 5) is 18.0. The third-order valence-corrected chi connectivity index (χ3v) is 5.40. The molecular weight excluding hydrogens is 459 g/mol. The summed E-state index contributed by atoms with van der Waals surface area (Å²) in [5.41, 5.74) is 1.78. The van der Waals surface area contributed by atoms with E-state index in [9.17, 15) is 4.79 Å². The van der Waals surface area contributed by atoms with Crippen molar-refractivity contribution in [3.63, 3.8) is 0 Å². The van der Waals surface area contributed by atoms with E-state index in [0.29, 0.717) is 32.5 Å². The molecule has 0 atom stereocenters. The average molecular weight is 472 g/mol. The van der Waals surface area contributed by atoms with Gasteiger partial charge in [-0.05, 0) is 48.0 Å². The van der Waals surface area contributed by atoms with Gasteiger partial charge in [-0.3, -0.25) is 9.36 Å². The van der Waals surface area contributed by atoms with Crippen molar-refractivity contribution in [1.29, 1.82) is 0 Å². The van der Waals surface area contributed by atoms with E-state index in [-0.39, 0.29) is 5.56 Å². The molecule has 138 valence electrons. The molecule has 1 aromatic heterocycles. The summed E-state index contributed by atoms with van der Waals surface area (Å²) in [6, 6.07) is 20.2. The van der Waals surface area contributed by atoms with Crippen molar-refractivity contribution < 1.29 is 0 Å². The molecular formula is C22H13BrCl2N2O. The molecule has 28 heavy (non-hydrogen) atoms. The highest BCUT2D eigenvalue weighted by atomic mass is 79.9. The fourth-order valence-electron chi connectivity index (χ4n) is 2.93. The number of halogens is 3. The lowest BCUT2D eigenvalue weighted by molar-refractivity contribution is 0.944. The van der Waals surface area contributed by atoms with Crippen LogP contribution in [-0.4, -0.2) is 9.55 Å². The molecule has 4 rings (SSSR count). The SMILES string of the molecule is O=c1c2ccccc2nc(C=Cc2ccc(Br)cc2)n1-c1c(Cl)cccc1Cl. The first-order valence-electron chi connectivity index (χ1n) is 8.44. The molecule has 3 aromatic carbocycles. The fourth-order valence-corrected chi connectivity index (χ4v) is 3.76. The Balaban J connectivity index is 1.99. The van der Waals surface area contributed by atoms with Crippen LogP contribution in [0.3, 0.4) is 0 Å². The number of para-hydroxylation sites is 2. The molecule has 0 N–H and O–H groups in total. The summed E-state index contributed by atoms with van der Waals surface area (Å²) in [6.07, 6.45) is 3.68. The van der Waals surface area contributed by atoms with E-state index in [0.717, 1.165) is 10.0 Å². The second-order valence-electron chi connectivity index (χ2n) is 6.08. The zero-order valence-electron chi connectivity index (χ0n) is 14.4. The summed E-state index contributed by atoms with van der Waals surface area (Å²) >= 11 is 16.2. The number of benzene rings is 3. The number of aromatic nitrogens is 2. The van der Waals surface area contributed by atoms with Crippen molar-refractivity contribution >= 4 is 62.2 Å². The van der Waals surface area contributed by atoms with Gasteiger partial charge in [-0.2, -0.15) is 0 Å². The molecule has 6 heteroatoms. The van der Waals surface area contributed by atoms with Crippen LogP contribution in [0, 0.1) is 0 Å². The van der Waals surface area contributed by atoms with Crippen molar-refractivity contribution in [1.82, 2.24) is 9.55 Å². The van der Waals surface area contributed by atoms with E-state index in [2.05, 4.69) is 20.9 Å². The van der Waals surface area contributed by atoms with E-state index in [1.807, 2.05) is 42.5 Å². The van der Waals surface area contributed by atoms with Crippen LogP contribution in [0.1, 0.15) is 11.4 Å². The average Bonchev–Trinajstić information content (AvgIpc) is 2.69. The Labute approximate surface area is 180 Å². The van der Waals surface area contributed by atoms with Gasteiger partial charge < -0.3 is 0 Å². The first-order chi connectivity index (χ1) is 13.5. The van der Waals surface area contributed by atoms with Crippen molar-refractivity contribution in [2.24, 2.45) is 0 Å². The van der Waals surface area contributed by atoms with Gasteiger partial charge in [0.2, 0.25) is 0 Å². The summed E-state index contributed by atoms with van der Waals surface area (Å²) in [6.45, 7) is 0. The second-order valence-corrected chi connectivity index (χ2v) is 7.81. The zero-order valence-corrected chi connectivity index (χ0v) is 17.5. The third kappa shape index (κ3) is 3.63. The van der Waals surface area contributed by atoms with Crippen molar-refractivity contribution in [2.45, 2.75) is 0 Å². The van der Waals surface area contributed by atoms with Crippen LogP contribution in [0.5, 0.6) is 0 Å². The van der Waals surface area contributed by atoms with Gasteiger partial charge in [0.1, 0.15) is 5.82 Å². The Bertz CT molecular complexity index is 1240. The quantitative estimate of drug-likeness (QED) is 0.336. The number of nitrogens with zero attached hydrogens (tertiary/aromatic N) is 2. The van der Waals surface area contributed by atoms with Crippen LogP contribution in [-0.2, 0) is 0 Å². The van der Waals surface area contributed by atoms with Crippen molar-refractivity contribution in [3.8, 4) is 5.69 Å². The maximum absolute atomic E-state index is 13.3. The predicted octanol–water partition coefficient (Wildman–Crippen LogP) is 6.63. The Morgan fingerprint density at radius 2 is 1.54 bits per heavy atom. The highest BCUT2D eigenvalue weighted by Crippen LogP contribution is 2.29. The highest BCUT2D eigenvalue weighted by Gasteiger charge is 2.16. The first kappa shape index (κ1) is 18.9. The molecule has 3 nitrogen and oxygen atoms in total. The number of rotatable bonds is 3. The van der Waals surface area contributed by atoms with Crippen LogP contribution < -0.4 is 5.56 Å². The smallest absolute Gasteiger partial charge is 0.266 e. The van der Waals surface area contributed by atoms with Crippen LogP contribution >= 0.6 is 39.1 Å². The Kier molecular flexibility index (Phi) is 5.36. The molecule has 0 radical (unpaired) electrons. The van der Waals surface area contributed by atoms with Gasteiger partial charge in [0.25, 0.3) is 5.56 Å². The van der Waals surface area contributed by atoms with Gasteiger partial charge in [0.05, 0.1) is 26.6 Å². The van der Waals surface area contributed by atoms with Crippen molar-refractivity contribution in [3.05, 3.63) is 103 Å². The van der Waals surface area contributed by atoms with Crippen LogP contribution in [0.15, 0.2) is 76.0 Å². The molecule has 0 fully saturated rings. The molecule has 0 unspecified atom stereocenters. The Hall–Kier alpha value is -2.40. The van der Waals surface area contributed by atoms with E-state index in [1.165, 1.54) is 4.57 Å². The summed E-state index contributed by atoms with van der Waals surface area (Å²) in [5.74, 6) is 0.446. The molecule has 0 aliphatic carbocycles. The largest absolute Gasteiger partial charge is 0.268 e. The van der Waals surface area contributed by atoms with E-state index in [1.54, 1.807) is 36.4 Å². The lowest BCUT2D eigenvalue weighted by Gasteiger charge is -2.14. The summed E-state index contributed by atoms with van der Waals surface area (Å²) in [5, 5.41) is 1.26. The molecule has 0 amide bonds. The normalized spacial score (nSPS) is 11.4. The molecule has 1 heterocycles. The maximum atomic E-state index is 13.3. The summed E-state index contributed by atoms with van der Waals surface area (Å²) < 4.78 is 2.45. The molecule has 0 aliphatic heterocycles. The van der Waals surface area contributed by atoms with Gasteiger partial charge in [0.15, 0.2) is 0 Å². The predicted molar refractivity (Wildman–Crippen MR) is 120 cm³/mol. The van der Waals surface area contributed by atoms with Gasteiger partial charge in [-0.15, -0.1) is 0 Å². The monoisotopic (exact) mass is 470 g/mol. The number of hydrogen-bond donors (Lipinski definition) is 0. The van der Waals surface area contributed by atoms with Crippen LogP contribution in [0.4, 0.5) is 0 Å².